The molecule has 0 N–H and O–H groups in total. The molecule has 0 aromatic carbocycles. The zero-order valence-corrected chi connectivity index (χ0v) is 14.5. The van der Waals surface area contributed by atoms with Gasteiger partial charge in [0, 0.05) is 44.0 Å². The molecule has 6 nitrogen and oxygen atoms in total. The van der Waals surface area contributed by atoms with E-state index in [1.807, 2.05) is 27.8 Å². The molecule has 0 aliphatic carbocycles. The van der Waals surface area contributed by atoms with Crippen molar-refractivity contribution >= 4 is 34.4 Å². The van der Waals surface area contributed by atoms with Gasteiger partial charge in [0.1, 0.15) is 16.5 Å². The molecular formula is C16H15N5OS2. The Hall–Kier alpha value is -2.32. The highest BCUT2D eigenvalue weighted by Gasteiger charge is 2.24. The summed E-state index contributed by atoms with van der Waals surface area (Å²) in [7, 11) is 0. The Morgan fingerprint density at radius 2 is 2.00 bits per heavy atom. The largest absolute Gasteiger partial charge is 0.352 e. The van der Waals surface area contributed by atoms with Gasteiger partial charge in [0.25, 0.3) is 5.91 Å². The smallest absolute Gasteiger partial charge is 0.273 e. The average molecular weight is 357 g/mol. The normalized spacial score (nSPS) is 14.8. The minimum absolute atomic E-state index is 0.00727. The summed E-state index contributed by atoms with van der Waals surface area (Å²) >= 11 is 3.16. The summed E-state index contributed by atoms with van der Waals surface area (Å²) in [5, 5.41) is 4.78. The maximum absolute atomic E-state index is 12.7. The predicted octanol–water partition coefficient (Wildman–Crippen LogP) is 2.62. The second kappa shape index (κ2) is 6.66. The topological polar surface area (TPSA) is 62.2 Å². The van der Waals surface area contributed by atoms with E-state index in [9.17, 15) is 4.79 Å². The van der Waals surface area contributed by atoms with Crippen molar-refractivity contribution in [2.24, 2.45) is 0 Å². The van der Waals surface area contributed by atoms with Gasteiger partial charge in [-0.05, 0) is 11.4 Å². The van der Waals surface area contributed by atoms with Gasteiger partial charge < -0.3 is 9.80 Å². The predicted molar refractivity (Wildman–Crippen MR) is 95.6 cm³/mol. The van der Waals surface area contributed by atoms with Gasteiger partial charge in [-0.1, -0.05) is 6.07 Å². The lowest BCUT2D eigenvalue weighted by Gasteiger charge is -2.34. The van der Waals surface area contributed by atoms with Gasteiger partial charge in [-0.15, -0.1) is 22.7 Å². The Kier molecular flexibility index (Phi) is 4.22. The summed E-state index contributed by atoms with van der Waals surface area (Å²) in [6.45, 7) is 2.85. The number of amides is 1. The van der Waals surface area contributed by atoms with Crippen LogP contribution in [0.2, 0.25) is 0 Å². The summed E-state index contributed by atoms with van der Waals surface area (Å²) in [4.78, 5) is 30.7. The molecule has 24 heavy (non-hydrogen) atoms. The van der Waals surface area contributed by atoms with E-state index in [4.69, 9.17) is 0 Å². The molecule has 1 amide bonds. The first kappa shape index (κ1) is 15.2. The fraction of sp³-hybridized carbons (Fsp3) is 0.250. The van der Waals surface area contributed by atoms with E-state index in [-0.39, 0.29) is 5.91 Å². The van der Waals surface area contributed by atoms with Crippen LogP contribution in [-0.2, 0) is 0 Å². The van der Waals surface area contributed by atoms with Crippen molar-refractivity contribution in [3.8, 4) is 9.88 Å². The molecule has 3 aromatic rings. The molecule has 3 aromatic heterocycles. The first-order valence-corrected chi connectivity index (χ1v) is 9.37. The number of rotatable bonds is 3. The summed E-state index contributed by atoms with van der Waals surface area (Å²) in [5.41, 5.74) is 0.538. The molecule has 1 fully saturated rings. The highest BCUT2D eigenvalue weighted by molar-refractivity contribution is 7.20. The van der Waals surface area contributed by atoms with Crippen LogP contribution in [0.4, 0.5) is 5.82 Å². The van der Waals surface area contributed by atoms with E-state index >= 15 is 0 Å². The lowest BCUT2D eigenvalue weighted by molar-refractivity contribution is 0.0741. The standard InChI is InChI=1S/C16H15N5OS2/c22-16(12-11-24-15(19-12)13-2-1-9-23-13)21-7-5-20(6-8-21)14-10-17-3-4-18-14/h1-4,9-11H,5-8H2. The van der Waals surface area contributed by atoms with Crippen molar-refractivity contribution in [1.29, 1.82) is 0 Å². The number of nitrogens with zero attached hydrogens (tertiary/aromatic N) is 5. The van der Waals surface area contributed by atoms with Gasteiger partial charge in [0.2, 0.25) is 0 Å². The molecule has 0 radical (unpaired) electrons. The van der Waals surface area contributed by atoms with E-state index in [1.54, 1.807) is 29.9 Å². The van der Waals surface area contributed by atoms with Crippen molar-refractivity contribution in [2.75, 3.05) is 31.1 Å². The van der Waals surface area contributed by atoms with Crippen LogP contribution in [0.15, 0.2) is 41.5 Å². The van der Waals surface area contributed by atoms with Gasteiger partial charge in [-0.25, -0.2) is 9.97 Å². The molecule has 0 spiro atoms. The number of aromatic nitrogens is 3. The number of thiazole rings is 1. The SMILES string of the molecule is O=C(c1csc(-c2cccs2)n1)N1CCN(c2cnccn2)CC1. The Morgan fingerprint density at radius 3 is 2.71 bits per heavy atom. The first-order chi connectivity index (χ1) is 11.8. The monoisotopic (exact) mass is 357 g/mol. The van der Waals surface area contributed by atoms with Gasteiger partial charge in [-0.2, -0.15) is 0 Å². The van der Waals surface area contributed by atoms with Gasteiger partial charge in [-0.3, -0.25) is 9.78 Å². The quantitative estimate of drug-likeness (QED) is 0.721. The second-order valence-electron chi connectivity index (χ2n) is 5.36. The number of anilines is 1. The lowest BCUT2D eigenvalue weighted by Crippen LogP contribution is -2.49. The molecule has 0 unspecified atom stereocenters. The van der Waals surface area contributed by atoms with Gasteiger partial charge in [0.15, 0.2) is 0 Å². The van der Waals surface area contributed by atoms with Crippen LogP contribution >= 0.6 is 22.7 Å². The van der Waals surface area contributed by atoms with Crippen molar-refractivity contribution in [1.82, 2.24) is 19.9 Å². The number of thiophene rings is 1. The van der Waals surface area contributed by atoms with E-state index in [2.05, 4.69) is 19.9 Å². The summed E-state index contributed by atoms with van der Waals surface area (Å²) in [6.07, 6.45) is 5.11. The van der Waals surface area contributed by atoms with E-state index in [0.717, 1.165) is 28.8 Å². The van der Waals surface area contributed by atoms with Crippen LogP contribution in [0, 0.1) is 0 Å². The molecular weight excluding hydrogens is 342 g/mol. The maximum Gasteiger partial charge on any atom is 0.273 e. The molecule has 0 atom stereocenters. The summed E-state index contributed by atoms with van der Waals surface area (Å²) in [6, 6.07) is 4.02. The zero-order valence-electron chi connectivity index (χ0n) is 12.8. The fourth-order valence-corrected chi connectivity index (χ4v) is 4.25. The Morgan fingerprint density at radius 1 is 1.12 bits per heavy atom. The number of piperazine rings is 1. The first-order valence-electron chi connectivity index (χ1n) is 7.61. The number of carbonyl (C=O) groups is 1. The number of carbonyl (C=O) groups excluding carboxylic acids is 1. The second-order valence-corrected chi connectivity index (χ2v) is 7.16. The summed E-state index contributed by atoms with van der Waals surface area (Å²) < 4.78 is 0. The molecule has 4 rings (SSSR count). The molecule has 8 heteroatoms. The van der Waals surface area contributed by atoms with Crippen LogP contribution in [0.3, 0.4) is 0 Å². The zero-order chi connectivity index (χ0) is 16.4. The third-order valence-corrected chi connectivity index (χ3v) is 5.78. The van der Waals surface area contributed by atoms with E-state index in [0.29, 0.717) is 18.8 Å². The van der Waals surface area contributed by atoms with Gasteiger partial charge >= 0.3 is 0 Å². The Labute approximate surface area is 147 Å². The average Bonchev–Trinajstić information content (AvgIpc) is 3.33. The molecule has 0 saturated carbocycles. The lowest BCUT2D eigenvalue weighted by atomic mass is 10.3. The third-order valence-electron chi connectivity index (χ3n) is 3.90. The van der Waals surface area contributed by atoms with Crippen molar-refractivity contribution in [2.45, 2.75) is 0 Å². The Bertz CT molecular complexity index is 810. The van der Waals surface area contributed by atoms with E-state index in [1.165, 1.54) is 11.3 Å². The Balaban J connectivity index is 1.41. The molecule has 1 aliphatic heterocycles. The number of hydrogen-bond acceptors (Lipinski definition) is 7. The van der Waals surface area contributed by atoms with Crippen LogP contribution in [-0.4, -0.2) is 51.9 Å². The van der Waals surface area contributed by atoms with Crippen molar-refractivity contribution in [3.63, 3.8) is 0 Å². The molecule has 122 valence electrons. The van der Waals surface area contributed by atoms with Crippen molar-refractivity contribution < 1.29 is 4.79 Å². The van der Waals surface area contributed by atoms with Gasteiger partial charge in [0.05, 0.1) is 11.1 Å². The molecule has 0 bridgehead atoms. The minimum atomic E-state index is 0.00727. The highest BCUT2D eigenvalue weighted by Crippen LogP contribution is 2.28. The summed E-state index contributed by atoms with van der Waals surface area (Å²) in [5.74, 6) is 0.867. The van der Waals surface area contributed by atoms with Crippen LogP contribution in [0.25, 0.3) is 9.88 Å². The number of hydrogen-bond donors (Lipinski definition) is 0. The third kappa shape index (κ3) is 3.02. The van der Waals surface area contributed by atoms with E-state index < -0.39 is 0 Å². The maximum atomic E-state index is 12.7. The molecule has 4 heterocycles. The fourth-order valence-electron chi connectivity index (χ4n) is 2.64. The van der Waals surface area contributed by atoms with Crippen molar-refractivity contribution in [3.05, 3.63) is 47.2 Å². The van der Waals surface area contributed by atoms with Crippen LogP contribution < -0.4 is 4.90 Å². The van der Waals surface area contributed by atoms with Crippen LogP contribution in [0.1, 0.15) is 10.5 Å². The molecule has 1 saturated heterocycles. The van der Waals surface area contributed by atoms with Crippen LogP contribution in [0.5, 0.6) is 0 Å². The molecule has 1 aliphatic rings. The minimum Gasteiger partial charge on any atom is -0.352 e. The highest BCUT2D eigenvalue weighted by atomic mass is 32.1.